The molecule has 8 heteroatoms. The number of rotatable bonds is 3. The number of hydrogen-bond acceptors (Lipinski definition) is 4. The van der Waals surface area contributed by atoms with Crippen LogP contribution in [0.4, 0.5) is 10.1 Å². The normalized spacial score (nSPS) is 14.3. The fraction of sp³-hybridized carbons (Fsp3) is 0.200. The Balaban J connectivity index is 1.73. The molecule has 1 saturated heterocycles. The first-order chi connectivity index (χ1) is 13.5. The lowest BCUT2D eigenvalue weighted by atomic mass is 10.1. The van der Waals surface area contributed by atoms with E-state index in [1.165, 1.54) is 12.1 Å². The van der Waals surface area contributed by atoms with Gasteiger partial charge in [0.25, 0.3) is 11.8 Å². The van der Waals surface area contributed by atoms with Crippen molar-refractivity contribution in [2.45, 2.75) is 0 Å². The summed E-state index contributed by atoms with van der Waals surface area (Å²) in [6.45, 7) is 1.78. The van der Waals surface area contributed by atoms with Crippen molar-refractivity contribution in [2.24, 2.45) is 0 Å². The van der Waals surface area contributed by atoms with Crippen molar-refractivity contribution in [1.82, 2.24) is 4.90 Å². The lowest BCUT2D eigenvalue weighted by molar-refractivity contribution is 0.0285. The molecule has 4 rings (SSSR count). The highest BCUT2D eigenvalue weighted by Crippen LogP contribution is 2.33. The second-order valence-corrected chi connectivity index (χ2v) is 7.14. The third kappa shape index (κ3) is 3.53. The Hall–Kier alpha value is -2.71. The van der Waals surface area contributed by atoms with Crippen molar-refractivity contribution >= 4 is 44.4 Å². The summed E-state index contributed by atoms with van der Waals surface area (Å²) in [5.74, 6) is -1.36. The summed E-state index contributed by atoms with van der Waals surface area (Å²) in [4.78, 5) is 27.4. The van der Waals surface area contributed by atoms with E-state index in [1.54, 1.807) is 29.2 Å². The van der Waals surface area contributed by atoms with Crippen molar-refractivity contribution in [2.75, 3.05) is 31.6 Å². The van der Waals surface area contributed by atoms with Crippen LogP contribution < -0.4 is 5.32 Å². The minimum atomic E-state index is -0.547. The monoisotopic (exact) mass is 446 g/mol. The van der Waals surface area contributed by atoms with Crippen LogP contribution in [0.25, 0.3) is 11.0 Å². The average molecular weight is 447 g/mol. The molecule has 2 heterocycles. The molecule has 0 aliphatic carbocycles. The molecule has 1 aliphatic rings. The Morgan fingerprint density at radius 2 is 1.86 bits per heavy atom. The number of fused-ring (bicyclic) bond motifs is 1. The summed E-state index contributed by atoms with van der Waals surface area (Å²) >= 11 is 3.25. The SMILES string of the molecule is O=C(Nc1c(C(=O)N2CCOCC2)oc2ccccc12)c1cc(F)ccc1Br. The minimum Gasteiger partial charge on any atom is -0.449 e. The number of halogens is 2. The van der Waals surface area contributed by atoms with Crippen LogP contribution in [-0.4, -0.2) is 43.0 Å². The van der Waals surface area contributed by atoms with Gasteiger partial charge >= 0.3 is 0 Å². The first-order valence-corrected chi connectivity index (χ1v) is 9.49. The zero-order valence-electron chi connectivity index (χ0n) is 14.7. The molecule has 0 unspecified atom stereocenters. The standard InChI is InChI=1S/C20H16BrFN2O4/c21-15-6-5-12(22)11-14(15)19(25)23-17-13-3-1-2-4-16(13)28-18(17)20(26)24-7-9-27-10-8-24/h1-6,11H,7-10H2,(H,23,25). The van der Waals surface area contributed by atoms with Crippen LogP contribution in [0, 0.1) is 5.82 Å². The molecule has 6 nitrogen and oxygen atoms in total. The fourth-order valence-corrected chi connectivity index (χ4v) is 3.51. The molecule has 28 heavy (non-hydrogen) atoms. The molecule has 0 atom stereocenters. The fourth-order valence-electron chi connectivity index (χ4n) is 3.08. The van der Waals surface area contributed by atoms with Crippen molar-refractivity contribution in [3.8, 4) is 0 Å². The van der Waals surface area contributed by atoms with Gasteiger partial charge in [-0.25, -0.2) is 4.39 Å². The second-order valence-electron chi connectivity index (χ2n) is 6.29. The van der Waals surface area contributed by atoms with Crippen molar-refractivity contribution in [3.63, 3.8) is 0 Å². The number of benzene rings is 2. The first-order valence-electron chi connectivity index (χ1n) is 8.69. The molecule has 1 aromatic heterocycles. The average Bonchev–Trinajstić information content (AvgIpc) is 3.08. The Morgan fingerprint density at radius 1 is 1.11 bits per heavy atom. The Labute approximate surface area is 168 Å². The highest BCUT2D eigenvalue weighted by Gasteiger charge is 2.28. The Kier molecular flexibility index (Phi) is 5.15. The predicted molar refractivity (Wildman–Crippen MR) is 105 cm³/mol. The van der Waals surface area contributed by atoms with Gasteiger partial charge in [0.2, 0.25) is 5.76 Å². The summed E-state index contributed by atoms with van der Waals surface area (Å²) in [5, 5.41) is 3.33. The summed E-state index contributed by atoms with van der Waals surface area (Å²) in [6.07, 6.45) is 0. The van der Waals surface area contributed by atoms with Crippen molar-refractivity contribution in [1.29, 1.82) is 0 Å². The smallest absolute Gasteiger partial charge is 0.291 e. The third-order valence-corrected chi connectivity index (χ3v) is 5.19. The largest absolute Gasteiger partial charge is 0.449 e. The van der Waals surface area contributed by atoms with Crippen LogP contribution in [0.3, 0.4) is 0 Å². The molecule has 0 saturated carbocycles. The van der Waals surface area contributed by atoms with Crippen LogP contribution in [-0.2, 0) is 4.74 Å². The number of carbonyl (C=O) groups is 2. The van der Waals surface area contributed by atoms with Crippen LogP contribution in [0.5, 0.6) is 0 Å². The van der Waals surface area contributed by atoms with E-state index in [-0.39, 0.29) is 22.9 Å². The molecule has 1 aliphatic heterocycles. The molecule has 2 aromatic carbocycles. The van der Waals surface area contributed by atoms with Gasteiger partial charge in [-0.3, -0.25) is 9.59 Å². The Bertz CT molecular complexity index is 1060. The summed E-state index contributed by atoms with van der Waals surface area (Å²) < 4.78 is 25.1. The molecule has 0 spiro atoms. The van der Waals surface area contributed by atoms with E-state index in [4.69, 9.17) is 9.15 Å². The third-order valence-electron chi connectivity index (χ3n) is 4.50. The maximum atomic E-state index is 13.6. The van der Waals surface area contributed by atoms with Crippen molar-refractivity contribution in [3.05, 3.63) is 64.1 Å². The first kappa shape index (κ1) is 18.6. The lowest BCUT2D eigenvalue weighted by Crippen LogP contribution is -2.40. The quantitative estimate of drug-likeness (QED) is 0.658. The number of carbonyl (C=O) groups excluding carboxylic acids is 2. The van der Waals surface area contributed by atoms with E-state index in [0.29, 0.717) is 41.7 Å². The van der Waals surface area contributed by atoms with E-state index >= 15 is 0 Å². The van der Waals surface area contributed by atoms with Gasteiger partial charge in [0.15, 0.2) is 0 Å². The van der Waals surface area contributed by atoms with Gasteiger partial charge in [-0.15, -0.1) is 0 Å². The number of amides is 2. The van der Waals surface area contributed by atoms with E-state index < -0.39 is 11.7 Å². The van der Waals surface area contributed by atoms with Crippen LogP contribution in [0.15, 0.2) is 51.4 Å². The summed E-state index contributed by atoms with van der Waals surface area (Å²) in [6, 6.07) is 10.9. The van der Waals surface area contributed by atoms with Crippen LogP contribution in [0.1, 0.15) is 20.9 Å². The number of para-hydroxylation sites is 1. The van der Waals surface area contributed by atoms with Gasteiger partial charge in [0, 0.05) is 22.9 Å². The topological polar surface area (TPSA) is 71.8 Å². The summed E-state index contributed by atoms with van der Waals surface area (Å²) in [5.41, 5.74) is 0.871. The zero-order chi connectivity index (χ0) is 19.7. The maximum absolute atomic E-state index is 13.6. The minimum absolute atomic E-state index is 0.0453. The molecular formula is C20H16BrFN2O4. The van der Waals surface area contributed by atoms with E-state index in [1.807, 2.05) is 0 Å². The van der Waals surface area contributed by atoms with Gasteiger partial charge in [0.05, 0.1) is 18.8 Å². The highest BCUT2D eigenvalue weighted by atomic mass is 79.9. The molecule has 1 fully saturated rings. The van der Waals surface area contributed by atoms with Gasteiger partial charge in [-0.1, -0.05) is 12.1 Å². The second kappa shape index (κ2) is 7.73. The molecule has 3 aromatic rings. The number of morpholine rings is 1. The number of anilines is 1. The van der Waals surface area contributed by atoms with Crippen LogP contribution in [0.2, 0.25) is 0 Å². The number of ether oxygens (including phenoxy) is 1. The molecule has 144 valence electrons. The maximum Gasteiger partial charge on any atom is 0.291 e. The highest BCUT2D eigenvalue weighted by molar-refractivity contribution is 9.10. The Morgan fingerprint density at radius 3 is 2.64 bits per heavy atom. The van der Waals surface area contributed by atoms with E-state index in [9.17, 15) is 14.0 Å². The molecule has 0 radical (unpaired) electrons. The van der Waals surface area contributed by atoms with Gasteiger partial charge in [-0.05, 0) is 46.3 Å². The zero-order valence-corrected chi connectivity index (χ0v) is 16.3. The molecular weight excluding hydrogens is 431 g/mol. The molecule has 0 bridgehead atoms. The predicted octanol–water partition coefficient (Wildman–Crippen LogP) is 4.06. The van der Waals surface area contributed by atoms with Gasteiger partial charge in [0.1, 0.15) is 17.1 Å². The van der Waals surface area contributed by atoms with Gasteiger partial charge in [-0.2, -0.15) is 0 Å². The lowest BCUT2D eigenvalue weighted by Gasteiger charge is -2.26. The summed E-state index contributed by atoms with van der Waals surface area (Å²) in [7, 11) is 0. The number of furan rings is 1. The molecule has 1 N–H and O–H groups in total. The number of hydrogen-bond donors (Lipinski definition) is 1. The van der Waals surface area contributed by atoms with Gasteiger partial charge < -0.3 is 19.4 Å². The van der Waals surface area contributed by atoms with E-state index in [0.717, 1.165) is 6.07 Å². The van der Waals surface area contributed by atoms with Crippen LogP contribution >= 0.6 is 15.9 Å². The molecule has 2 amide bonds. The van der Waals surface area contributed by atoms with E-state index in [2.05, 4.69) is 21.2 Å². The number of nitrogens with zero attached hydrogens (tertiary/aromatic N) is 1. The number of nitrogens with one attached hydrogen (secondary N) is 1. The van der Waals surface area contributed by atoms with Crippen molar-refractivity contribution < 1.29 is 23.1 Å².